The monoisotopic (exact) mass is 426 g/mol. The van der Waals surface area contributed by atoms with E-state index in [1.807, 2.05) is 0 Å². The maximum atomic E-state index is 12.0. The van der Waals surface area contributed by atoms with Crippen LogP contribution in [-0.4, -0.2) is 23.9 Å². The number of ether oxygens (including phenoxy) is 2. The molecule has 0 aliphatic heterocycles. The number of esters is 4. The number of hydrogen-bond donors (Lipinski definition) is 0. The predicted molar refractivity (Wildman–Crippen MR) is 117 cm³/mol. The molecule has 0 heterocycles. The Bertz CT molecular complexity index is 468. The molecule has 0 spiro atoms. The van der Waals surface area contributed by atoms with E-state index in [0.717, 1.165) is 38.5 Å². The third-order valence-electron chi connectivity index (χ3n) is 5.34. The quantitative estimate of drug-likeness (QED) is 0.132. The number of hydrogen-bond acceptors (Lipinski definition) is 6. The normalized spacial score (nSPS) is 12.8. The van der Waals surface area contributed by atoms with Gasteiger partial charge in [0.05, 0.1) is 11.8 Å². The molecule has 0 saturated carbocycles. The van der Waals surface area contributed by atoms with Crippen molar-refractivity contribution >= 4 is 23.9 Å². The molecule has 0 rings (SSSR count). The third kappa shape index (κ3) is 14.3. The smallest absolute Gasteiger partial charge is 0.384 e. The zero-order valence-electron chi connectivity index (χ0n) is 19.5. The minimum absolute atomic E-state index is 0.477. The Balaban J connectivity index is 4.07. The molecule has 0 aliphatic carbocycles. The summed E-state index contributed by atoms with van der Waals surface area (Å²) in [5, 5.41) is 0. The first kappa shape index (κ1) is 28.3. The molecule has 0 N–H and O–H groups in total. The van der Waals surface area contributed by atoms with Crippen LogP contribution in [0.1, 0.15) is 118 Å². The molecule has 0 fully saturated rings. The predicted octanol–water partition coefficient (Wildman–Crippen LogP) is 5.90. The summed E-state index contributed by atoms with van der Waals surface area (Å²) in [6, 6.07) is 0. The highest BCUT2D eigenvalue weighted by Crippen LogP contribution is 2.15. The van der Waals surface area contributed by atoms with Crippen LogP contribution >= 0.6 is 0 Å². The van der Waals surface area contributed by atoms with Gasteiger partial charge in [-0.2, -0.15) is 0 Å². The molecule has 0 aromatic rings. The maximum absolute atomic E-state index is 12.0. The van der Waals surface area contributed by atoms with Gasteiger partial charge in [0.25, 0.3) is 0 Å². The van der Waals surface area contributed by atoms with Crippen molar-refractivity contribution in [2.24, 2.45) is 11.8 Å². The summed E-state index contributed by atoms with van der Waals surface area (Å²) >= 11 is 0. The highest BCUT2D eigenvalue weighted by Gasteiger charge is 2.28. The van der Waals surface area contributed by atoms with Crippen LogP contribution in [0.15, 0.2) is 0 Å². The first-order valence-electron chi connectivity index (χ1n) is 11.8. The molecule has 0 amide bonds. The first-order valence-corrected chi connectivity index (χ1v) is 11.8. The molecule has 6 heteroatoms. The van der Waals surface area contributed by atoms with E-state index in [9.17, 15) is 19.2 Å². The lowest BCUT2D eigenvalue weighted by atomic mass is 10.0. The van der Waals surface area contributed by atoms with Crippen LogP contribution in [0.3, 0.4) is 0 Å². The zero-order chi connectivity index (χ0) is 22.8. The zero-order valence-corrected chi connectivity index (χ0v) is 19.5. The van der Waals surface area contributed by atoms with Crippen molar-refractivity contribution in [1.29, 1.82) is 0 Å². The van der Waals surface area contributed by atoms with Crippen molar-refractivity contribution in [2.75, 3.05) is 0 Å². The SMILES string of the molecule is CCCCCCCCC(C)C(=O)OC(=O)C(=O)OC(=O)C(C)CCCCCCCC. The van der Waals surface area contributed by atoms with E-state index in [0.29, 0.717) is 12.8 Å². The first-order chi connectivity index (χ1) is 14.3. The Hall–Kier alpha value is -1.72. The van der Waals surface area contributed by atoms with Crippen molar-refractivity contribution in [3.63, 3.8) is 0 Å². The van der Waals surface area contributed by atoms with Crippen LogP contribution < -0.4 is 0 Å². The standard InChI is InChI=1S/C24H42O6/c1-5-7-9-11-13-15-17-19(3)21(25)29-23(27)24(28)30-22(26)20(4)18-16-14-12-10-8-6-2/h19-20H,5-18H2,1-4H3. The lowest BCUT2D eigenvalue weighted by molar-refractivity contribution is -0.179. The Morgan fingerprint density at radius 1 is 0.533 bits per heavy atom. The summed E-state index contributed by atoms with van der Waals surface area (Å²) in [5.41, 5.74) is 0. The average molecular weight is 427 g/mol. The van der Waals surface area contributed by atoms with Crippen LogP contribution in [0.5, 0.6) is 0 Å². The number of carbonyl (C=O) groups is 4. The largest absolute Gasteiger partial charge is 0.425 e. The average Bonchev–Trinajstić information content (AvgIpc) is 2.72. The highest BCUT2D eigenvalue weighted by atomic mass is 16.6. The Labute approximate surface area is 182 Å². The van der Waals surface area contributed by atoms with E-state index in [2.05, 4.69) is 23.3 Å². The molecule has 0 bridgehead atoms. The molecule has 6 nitrogen and oxygen atoms in total. The second-order valence-corrected chi connectivity index (χ2v) is 8.33. The molecule has 0 aromatic carbocycles. The lowest BCUT2D eigenvalue weighted by Gasteiger charge is -2.11. The van der Waals surface area contributed by atoms with Gasteiger partial charge in [-0.25, -0.2) is 9.59 Å². The minimum atomic E-state index is -1.42. The van der Waals surface area contributed by atoms with E-state index in [4.69, 9.17) is 0 Å². The van der Waals surface area contributed by atoms with Crippen LogP contribution in [0.4, 0.5) is 0 Å². The van der Waals surface area contributed by atoms with Gasteiger partial charge in [0.2, 0.25) is 0 Å². The van der Waals surface area contributed by atoms with Gasteiger partial charge in [-0.1, -0.05) is 105 Å². The summed E-state index contributed by atoms with van der Waals surface area (Å²) in [7, 11) is 0. The molecule has 0 saturated heterocycles. The number of rotatable bonds is 16. The fourth-order valence-corrected chi connectivity index (χ4v) is 3.16. The lowest BCUT2D eigenvalue weighted by Crippen LogP contribution is -2.29. The molecule has 30 heavy (non-hydrogen) atoms. The minimum Gasteiger partial charge on any atom is -0.384 e. The summed E-state index contributed by atoms with van der Waals surface area (Å²) in [6.45, 7) is 7.65. The van der Waals surface area contributed by atoms with E-state index >= 15 is 0 Å². The van der Waals surface area contributed by atoms with Crippen LogP contribution in [0.2, 0.25) is 0 Å². The number of carbonyl (C=O) groups excluding carboxylic acids is 4. The summed E-state index contributed by atoms with van der Waals surface area (Å²) in [4.78, 5) is 47.4. The highest BCUT2D eigenvalue weighted by molar-refractivity contribution is 6.33. The van der Waals surface area contributed by atoms with Crippen molar-refractivity contribution < 1.29 is 28.7 Å². The second-order valence-electron chi connectivity index (χ2n) is 8.33. The number of unbranched alkanes of at least 4 members (excludes halogenated alkanes) is 10. The van der Waals surface area contributed by atoms with Gasteiger partial charge in [-0.05, 0) is 12.8 Å². The van der Waals surface area contributed by atoms with Gasteiger partial charge in [-0.15, -0.1) is 0 Å². The van der Waals surface area contributed by atoms with Gasteiger partial charge in [0.15, 0.2) is 0 Å². The maximum Gasteiger partial charge on any atom is 0.425 e. The van der Waals surface area contributed by atoms with Crippen molar-refractivity contribution in [3.05, 3.63) is 0 Å². The van der Waals surface area contributed by atoms with E-state index in [1.54, 1.807) is 13.8 Å². The Kier molecular flexibility index (Phi) is 17.0. The van der Waals surface area contributed by atoms with Crippen LogP contribution in [-0.2, 0) is 28.7 Å². The van der Waals surface area contributed by atoms with E-state index in [1.165, 1.54) is 38.5 Å². The fourth-order valence-electron chi connectivity index (χ4n) is 3.16. The molecule has 0 radical (unpaired) electrons. The molecular formula is C24H42O6. The second kappa shape index (κ2) is 18.1. The molecule has 0 aromatic heterocycles. The molecule has 2 unspecified atom stereocenters. The molecule has 2 atom stereocenters. The van der Waals surface area contributed by atoms with E-state index < -0.39 is 35.7 Å². The third-order valence-corrected chi connectivity index (χ3v) is 5.34. The van der Waals surface area contributed by atoms with Gasteiger partial charge < -0.3 is 9.47 Å². The van der Waals surface area contributed by atoms with Gasteiger partial charge in [0, 0.05) is 0 Å². The Morgan fingerprint density at radius 2 is 0.833 bits per heavy atom. The van der Waals surface area contributed by atoms with Gasteiger partial charge in [0.1, 0.15) is 0 Å². The summed E-state index contributed by atoms with van der Waals surface area (Å²) in [6.07, 6.45) is 14.4. The fraction of sp³-hybridized carbons (Fsp3) is 0.833. The molecular weight excluding hydrogens is 384 g/mol. The van der Waals surface area contributed by atoms with Crippen molar-refractivity contribution in [2.45, 2.75) is 118 Å². The summed E-state index contributed by atoms with van der Waals surface area (Å²) < 4.78 is 9.16. The molecule has 0 aliphatic rings. The van der Waals surface area contributed by atoms with E-state index in [-0.39, 0.29) is 0 Å². The van der Waals surface area contributed by atoms with Gasteiger partial charge in [-0.3, -0.25) is 9.59 Å². The van der Waals surface area contributed by atoms with Crippen LogP contribution in [0.25, 0.3) is 0 Å². The Morgan fingerprint density at radius 3 is 1.17 bits per heavy atom. The van der Waals surface area contributed by atoms with Gasteiger partial charge >= 0.3 is 23.9 Å². The van der Waals surface area contributed by atoms with Crippen molar-refractivity contribution in [3.8, 4) is 0 Å². The summed E-state index contributed by atoms with van der Waals surface area (Å²) in [5.74, 6) is -5.30. The molecule has 174 valence electrons. The van der Waals surface area contributed by atoms with Crippen LogP contribution in [0, 0.1) is 11.8 Å². The van der Waals surface area contributed by atoms with Crippen molar-refractivity contribution in [1.82, 2.24) is 0 Å². The topological polar surface area (TPSA) is 86.7 Å².